The minimum atomic E-state index is -3.87. The highest BCUT2D eigenvalue weighted by molar-refractivity contribution is 7.89. The molecule has 152 valence electrons. The number of aromatic amines is 1. The molecule has 2 aromatic carbocycles. The fraction of sp³-hybridized carbons (Fsp3) is 0.200. The minimum absolute atomic E-state index is 0.258. The van der Waals surface area contributed by atoms with Crippen LogP contribution in [-0.4, -0.2) is 49.7 Å². The lowest BCUT2D eigenvalue weighted by Crippen LogP contribution is -2.26. The van der Waals surface area contributed by atoms with Crippen LogP contribution in [0.25, 0.3) is 10.9 Å². The monoisotopic (exact) mass is 418 g/mol. The number of hydrogen-bond acceptors (Lipinski definition) is 5. The number of halogens is 1. The topological polar surface area (TPSA) is 96.5 Å². The van der Waals surface area contributed by atoms with Crippen LogP contribution < -0.4 is 0 Å². The van der Waals surface area contributed by atoms with Crippen molar-refractivity contribution in [2.75, 3.05) is 14.1 Å². The van der Waals surface area contributed by atoms with Crippen LogP contribution in [0.2, 0.25) is 0 Å². The summed E-state index contributed by atoms with van der Waals surface area (Å²) in [6, 6.07) is 9.97. The zero-order valence-electron chi connectivity index (χ0n) is 16.0. The predicted molar refractivity (Wildman–Crippen MR) is 105 cm³/mol. The Hall–Kier alpha value is -3.04. The number of hydrogen-bond donors (Lipinski definition) is 1. The number of para-hydroxylation sites is 1. The molecule has 0 aliphatic rings. The number of aromatic nitrogens is 1. The molecule has 0 saturated heterocycles. The third-order valence-electron chi connectivity index (χ3n) is 4.44. The number of nitrogens with zero attached hydrogens (tertiary/aromatic N) is 1. The SMILES string of the molecule is C[C@@H](OC(=O)c1cc(S(=O)(=O)N(C)C)ccc1F)C(=O)c1c[nH]c2ccccc12. The zero-order valence-corrected chi connectivity index (χ0v) is 16.8. The van der Waals surface area contributed by atoms with E-state index in [1.54, 1.807) is 18.2 Å². The van der Waals surface area contributed by atoms with Crippen LogP contribution in [0.3, 0.4) is 0 Å². The highest BCUT2D eigenvalue weighted by atomic mass is 32.2. The number of ether oxygens (including phenoxy) is 1. The van der Waals surface area contributed by atoms with Crippen LogP contribution in [0.4, 0.5) is 4.39 Å². The summed E-state index contributed by atoms with van der Waals surface area (Å²) in [5, 5.41) is 0.672. The van der Waals surface area contributed by atoms with E-state index >= 15 is 0 Å². The fourth-order valence-corrected chi connectivity index (χ4v) is 3.73. The molecule has 0 radical (unpaired) electrons. The van der Waals surface area contributed by atoms with E-state index in [4.69, 9.17) is 4.74 Å². The van der Waals surface area contributed by atoms with Gasteiger partial charge >= 0.3 is 5.97 Å². The molecule has 9 heteroatoms. The Balaban J connectivity index is 1.85. The minimum Gasteiger partial charge on any atom is -0.451 e. The van der Waals surface area contributed by atoms with Gasteiger partial charge in [-0.1, -0.05) is 18.2 Å². The molecule has 0 aliphatic heterocycles. The van der Waals surface area contributed by atoms with Crippen LogP contribution in [-0.2, 0) is 14.8 Å². The average Bonchev–Trinajstić information content (AvgIpc) is 3.11. The van der Waals surface area contributed by atoms with Crippen LogP contribution in [0, 0.1) is 5.82 Å². The Morgan fingerprint density at radius 1 is 1.10 bits per heavy atom. The maximum atomic E-state index is 14.1. The molecule has 0 bridgehead atoms. The van der Waals surface area contributed by atoms with E-state index in [-0.39, 0.29) is 4.90 Å². The van der Waals surface area contributed by atoms with E-state index < -0.39 is 39.3 Å². The van der Waals surface area contributed by atoms with Crippen LogP contribution in [0.1, 0.15) is 27.6 Å². The summed E-state index contributed by atoms with van der Waals surface area (Å²) in [6.07, 6.45) is 0.317. The van der Waals surface area contributed by atoms with Gasteiger partial charge in [0.05, 0.1) is 10.5 Å². The van der Waals surface area contributed by atoms with Gasteiger partial charge in [0.2, 0.25) is 15.8 Å². The Labute approximate surface area is 167 Å². The molecule has 0 aliphatic carbocycles. The van der Waals surface area contributed by atoms with Crippen molar-refractivity contribution in [3.05, 3.63) is 65.6 Å². The summed E-state index contributed by atoms with van der Waals surface area (Å²) < 4.78 is 44.7. The van der Waals surface area contributed by atoms with Crippen LogP contribution >= 0.6 is 0 Å². The number of Topliss-reactive ketones (excluding diaryl/α,β-unsaturated/α-hetero) is 1. The number of esters is 1. The quantitative estimate of drug-likeness (QED) is 0.490. The van der Waals surface area contributed by atoms with Crippen LogP contribution in [0.5, 0.6) is 0 Å². The molecule has 7 nitrogen and oxygen atoms in total. The van der Waals surface area contributed by atoms with Gasteiger partial charge in [0, 0.05) is 36.8 Å². The number of fused-ring (bicyclic) bond motifs is 1. The van der Waals surface area contributed by atoms with E-state index in [1.165, 1.54) is 27.2 Å². The lowest BCUT2D eigenvalue weighted by atomic mass is 10.1. The molecule has 0 unspecified atom stereocenters. The first-order valence-electron chi connectivity index (χ1n) is 8.66. The first-order valence-corrected chi connectivity index (χ1v) is 10.1. The van der Waals surface area contributed by atoms with E-state index in [0.717, 1.165) is 28.0 Å². The van der Waals surface area contributed by atoms with Crippen molar-refractivity contribution < 1.29 is 27.1 Å². The maximum Gasteiger partial charge on any atom is 0.341 e. The van der Waals surface area contributed by atoms with E-state index in [1.807, 2.05) is 6.07 Å². The second-order valence-corrected chi connectivity index (χ2v) is 8.74. The van der Waals surface area contributed by atoms with Gasteiger partial charge in [-0.3, -0.25) is 4.79 Å². The molecule has 0 spiro atoms. The number of nitrogens with one attached hydrogen (secondary N) is 1. The number of sulfonamides is 1. The summed E-state index contributed by atoms with van der Waals surface area (Å²) in [4.78, 5) is 27.8. The van der Waals surface area contributed by atoms with Crippen molar-refractivity contribution in [1.82, 2.24) is 9.29 Å². The van der Waals surface area contributed by atoms with Crippen molar-refractivity contribution >= 4 is 32.7 Å². The summed E-state index contributed by atoms with van der Waals surface area (Å²) in [5.41, 5.74) is 0.527. The molecule has 0 fully saturated rings. The van der Waals surface area contributed by atoms with Gasteiger partial charge in [-0.15, -0.1) is 0 Å². The molecule has 3 aromatic rings. The number of benzene rings is 2. The third-order valence-corrected chi connectivity index (χ3v) is 6.26. The van der Waals surface area contributed by atoms with Gasteiger partial charge < -0.3 is 9.72 Å². The van der Waals surface area contributed by atoms with Crippen molar-refractivity contribution in [2.24, 2.45) is 0 Å². The Morgan fingerprint density at radius 3 is 2.48 bits per heavy atom. The standard InChI is InChI=1S/C20H19FN2O5S/c1-12(19(24)16-11-22-18-7-5-4-6-14(16)18)28-20(25)15-10-13(8-9-17(15)21)29(26,27)23(2)3/h4-12,22H,1-3H3/t12-/m1/s1. The number of carbonyl (C=O) groups is 2. The number of carbonyl (C=O) groups excluding carboxylic acids is 2. The van der Waals surface area contributed by atoms with E-state index in [2.05, 4.69) is 4.98 Å². The molecule has 1 aromatic heterocycles. The summed E-state index contributed by atoms with van der Waals surface area (Å²) in [6.45, 7) is 1.38. The first-order chi connectivity index (χ1) is 13.6. The lowest BCUT2D eigenvalue weighted by molar-refractivity contribution is 0.0314. The van der Waals surface area contributed by atoms with Gasteiger partial charge in [-0.05, 0) is 31.2 Å². The van der Waals surface area contributed by atoms with Gasteiger partial charge in [0.15, 0.2) is 6.10 Å². The number of ketones is 1. The zero-order chi connectivity index (χ0) is 21.3. The van der Waals surface area contributed by atoms with Gasteiger partial charge in [0.1, 0.15) is 5.82 Å². The van der Waals surface area contributed by atoms with Crippen molar-refractivity contribution in [1.29, 1.82) is 0 Å². The fourth-order valence-electron chi connectivity index (χ4n) is 2.80. The van der Waals surface area contributed by atoms with Crippen molar-refractivity contribution in [3.63, 3.8) is 0 Å². The Kier molecular flexibility index (Phi) is 5.54. The van der Waals surface area contributed by atoms with Gasteiger partial charge in [-0.2, -0.15) is 0 Å². The lowest BCUT2D eigenvalue weighted by Gasteiger charge is -2.14. The number of H-pyrrole nitrogens is 1. The molecule has 29 heavy (non-hydrogen) atoms. The van der Waals surface area contributed by atoms with E-state index in [9.17, 15) is 22.4 Å². The molecule has 1 atom stereocenters. The van der Waals surface area contributed by atoms with Crippen molar-refractivity contribution in [3.8, 4) is 0 Å². The number of rotatable bonds is 6. The maximum absolute atomic E-state index is 14.1. The average molecular weight is 418 g/mol. The van der Waals surface area contributed by atoms with Gasteiger partial charge in [0.25, 0.3) is 0 Å². The molecule has 0 saturated carbocycles. The largest absolute Gasteiger partial charge is 0.451 e. The Morgan fingerprint density at radius 2 is 1.79 bits per heavy atom. The first kappa shape index (κ1) is 20.7. The molecule has 0 amide bonds. The Bertz CT molecular complexity index is 1200. The highest BCUT2D eigenvalue weighted by Crippen LogP contribution is 2.22. The molecule has 1 heterocycles. The molecule has 3 rings (SSSR count). The molecular formula is C20H19FN2O5S. The highest BCUT2D eigenvalue weighted by Gasteiger charge is 2.26. The van der Waals surface area contributed by atoms with Crippen LogP contribution in [0.15, 0.2) is 53.6 Å². The molecule has 1 N–H and O–H groups in total. The second kappa shape index (κ2) is 7.76. The normalized spacial score (nSPS) is 12.9. The van der Waals surface area contributed by atoms with Crippen molar-refractivity contribution in [2.45, 2.75) is 17.9 Å². The summed E-state index contributed by atoms with van der Waals surface area (Å²) in [5.74, 6) is -2.54. The predicted octanol–water partition coefficient (Wildman–Crippen LogP) is 2.99. The second-order valence-electron chi connectivity index (χ2n) is 6.59. The van der Waals surface area contributed by atoms with E-state index in [0.29, 0.717) is 10.9 Å². The summed E-state index contributed by atoms with van der Waals surface area (Å²) in [7, 11) is -1.23. The molecular weight excluding hydrogens is 399 g/mol. The third kappa shape index (κ3) is 3.92. The smallest absolute Gasteiger partial charge is 0.341 e. The summed E-state index contributed by atoms with van der Waals surface area (Å²) >= 11 is 0. The van der Waals surface area contributed by atoms with Gasteiger partial charge in [-0.25, -0.2) is 21.9 Å².